The molecule has 25 heavy (non-hydrogen) atoms. The zero-order chi connectivity index (χ0) is 18.6. The van der Waals surface area contributed by atoms with Crippen molar-refractivity contribution in [3.63, 3.8) is 0 Å². The second-order valence-corrected chi connectivity index (χ2v) is 6.75. The second-order valence-electron chi connectivity index (χ2n) is 6.75. The molecule has 0 amide bonds. The fourth-order valence-corrected chi connectivity index (χ4v) is 2.82. The van der Waals surface area contributed by atoms with Crippen LogP contribution in [-0.2, 0) is 15.1 Å². The highest BCUT2D eigenvalue weighted by atomic mass is 16.4. The van der Waals surface area contributed by atoms with Gasteiger partial charge in [-0.05, 0) is 35.6 Å². The lowest BCUT2D eigenvalue weighted by atomic mass is 9.88. The number of carbonyl (C=O) groups is 2. The van der Waals surface area contributed by atoms with E-state index in [2.05, 4.69) is 10.9 Å². The molecular weight excluding hydrogens is 320 g/mol. The summed E-state index contributed by atoms with van der Waals surface area (Å²) in [5, 5.41) is 20.9. The van der Waals surface area contributed by atoms with E-state index < -0.39 is 23.5 Å². The maximum atomic E-state index is 12.0. The van der Waals surface area contributed by atoms with Crippen molar-refractivity contribution in [2.45, 2.75) is 38.8 Å². The molecule has 0 aromatic heterocycles. The molecule has 0 saturated heterocycles. The highest BCUT2D eigenvalue weighted by Gasteiger charge is 2.37. The van der Waals surface area contributed by atoms with Gasteiger partial charge in [0.15, 0.2) is 5.54 Å². The number of hydrogen-bond donors (Lipinski definition) is 4. The van der Waals surface area contributed by atoms with E-state index >= 15 is 0 Å². The Kier molecular flexibility index (Phi) is 5.77. The van der Waals surface area contributed by atoms with Crippen LogP contribution in [0.15, 0.2) is 42.5 Å². The Hall–Kier alpha value is -2.44. The van der Waals surface area contributed by atoms with Gasteiger partial charge in [0.05, 0.1) is 0 Å². The van der Waals surface area contributed by atoms with E-state index in [0.717, 1.165) is 10.8 Å². The van der Waals surface area contributed by atoms with Crippen LogP contribution in [0.2, 0.25) is 0 Å². The van der Waals surface area contributed by atoms with E-state index in [4.69, 9.17) is 0 Å². The average Bonchev–Trinajstić information content (AvgIpc) is 2.57. The lowest BCUT2D eigenvalue weighted by Gasteiger charge is -2.30. The van der Waals surface area contributed by atoms with E-state index in [0.29, 0.717) is 12.0 Å². The third kappa shape index (κ3) is 4.15. The fraction of sp³-hybridized carbons (Fsp3) is 0.368. The third-order valence-corrected chi connectivity index (χ3v) is 4.26. The number of carboxylic acids is 2. The number of fused-ring (bicyclic) bond motifs is 1. The molecule has 2 aromatic carbocycles. The zero-order valence-electron chi connectivity index (χ0n) is 14.6. The van der Waals surface area contributed by atoms with Gasteiger partial charge in [-0.3, -0.25) is 4.79 Å². The third-order valence-electron chi connectivity index (χ3n) is 4.26. The maximum absolute atomic E-state index is 12.0. The van der Waals surface area contributed by atoms with Gasteiger partial charge in [0.1, 0.15) is 6.04 Å². The van der Waals surface area contributed by atoms with Crippen molar-refractivity contribution in [1.29, 1.82) is 0 Å². The number of benzene rings is 2. The molecular formula is C19H24N2O4. The van der Waals surface area contributed by atoms with Crippen molar-refractivity contribution in [1.82, 2.24) is 10.9 Å². The quantitative estimate of drug-likeness (QED) is 0.550. The monoisotopic (exact) mass is 344 g/mol. The highest BCUT2D eigenvalue weighted by molar-refractivity contribution is 5.92. The van der Waals surface area contributed by atoms with E-state index in [1.54, 1.807) is 12.1 Å². The van der Waals surface area contributed by atoms with Gasteiger partial charge in [-0.25, -0.2) is 15.6 Å². The number of hydrogen-bond acceptors (Lipinski definition) is 4. The first-order chi connectivity index (χ1) is 11.8. The molecule has 2 rings (SSSR count). The molecule has 0 spiro atoms. The van der Waals surface area contributed by atoms with Crippen molar-refractivity contribution in [3.05, 3.63) is 48.0 Å². The molecule has 0 bridgehead atoms. The molecule has 0 heterocycles. The van der Waals surface area contributed by atoms with Gasteiger partial charge in [-0.2, -0.15) is 0 Å². The predicted octanol–water partition coefficient (Wildman–Crippen LogP) is 2.73. The first kappa shape index (κ1) is 18.9. The Morgan fingerprint density at radius 3 is 2.32 bits per heavy atom. The molecule has 0 aliphatic rings. The number of hydrazine groups is 1. The Morgan fingerprint density at radius 1 is 1.08 bits per heavy atom. The fourth-order valence-electron chi connectivity index (χ4n) is 2.82. The van der Waals surface area contributed by atoms with Crippen LogP contribution in [0.4, 0.5) is 0 Å². The molecule has 0 fully saturated rings. The van der Waals surface area contributed by atoms with Crippen LogP contribution in [0.5, 0.6) is 0 Å². The predicted molar refractivity (Wildman–Crippen MR) is 96.1 cm³/mol. The summed E-state index contributed by atoms with van der Waals surface area (Å²) in [6.07, 6.45) is 0.383. The van der Waals surface area contributed by atoms with E-state index in [1.807, 2.05) is 44.2 Å². The van der Waals surface area contributed by atoms with Crippen molar-refractivity contribution < 1.29 is 19.8 Å². The van der Waals surface area contributed by atoms with Gasteiger partial charge in [-0.1, -0.05) is 56.3 Å². The maximum Gasteiger partial charge on any atom is 0.329 e. The summed E-state index contributed by atoms with van der Waals surface area (Å²) in [5.74, 6) is -1.96. The molecule has 6 heteroatoms. The average molecular weight is 344 g/mol. The summed E-state index contributed by atoms with van der Waals surface area (Å²) in [6, 6.07) is 12.1. The van der Waals surface area contributed by atoms with Crippen molar-refractivity contribution in [2.24, 2.45) is 5.92 Å². The topological polar surface area (TPSA) is 98.7 Å². The van der Waals surface area contributed by atoms with Gasteiger partial charge >= 0.3 is 11.9 Å². The van der Waals surface area contributed by atoms with Gasteiger partial charge in [0.2, 0.25) is 0 Å². The van der Waals surface area contributed by atoms with Crippen LogP contribution in [0.1, 0.15) is 32.8 Å². The minimum absolute atomic E-state index is 0.157. The molecule has 4 N–H and O–H groups in total. The molecule has 134 valence electrons. The molecule has 0 saturated carbocycles. The smallest absolute Gasteiger partial charge is 0.329 e. The van der Waals surface area contributed by atoms with Crippen LogP contribution >= 0.6 is 0 Å². The largest absolute Gasteiger partial charge is 0.480 e. The van der Waals surface area contributed by atoms with Crippen LogP contribution < -0.4 is 10.9 Å². The number of carboxylic acid groups (broad SMARTS) is 2. The molecule has 2 atom stereocenters. The summed E-state index contributed by atoms with van der Waals surface area (Å²) < 4.78 is 0. The number of rotatable bonds is 8. The minimum Gasteiger partial charge on any atom is -0.480 e. The van der Waals surface area contributed by atoms with Crippen LogP contribution in [-0.4, -0.2) is 28.2 Å². The second kappa shape index (κ2) is 7.63. The van der Waals surface area contributed by atoms with Crippen molar-refractivity contribution in [3.8, 4) is 0 Å². The summed E-state index contributed by atoms with van der Waals surface area (Å²) in [7, 11) is 0. The van der Waals surface area contributed by atoms with E-state index in [1.165, 1.54) is 6.92 Å². The summed E-state index contributed by atoms with van der Waals surface area (Å²) in [6.45, 7) is 5.36. The van der Waals surface area contributed by atoms with Crippen molar-refractivity contribution in [2.75, 3.05) is 0 Å². The van der Waals surface area contributed by atoms with Gasteiger partial charge in [0, 0.05) is 0 Å². The van der Waals surface area contributed by atoms with E-state index in [9.17, 15) is 19.8 Å². The van der Waals surface area contributed by atoms with E-state index in [-0.39, 0.29) is 5.92 Å². The summed E-state index contributed by atoms with van der Waals surface area (Å²) in [5.41, 5.74) is 4.55. The summed E-state index contributed by atoms with van der Waals surface area (Å²) >= 11 is 0. The van der Waals surface area contributed by atoms with Crippen molar-refractivity contribution >= 4 is 22.7 Å². The van der Waals surface area contributed by atoms with Gasteiger partial charge in [-0.15, -0.1) is 0 Å². The highest BCUT2D eigenvalue weighted by Crippen LogP contribution is 2.29. The standard InChI is InChI=1S/C19H24N2O4/c1-12(2)11-16(17(22)23)20-21-19(3,18(24)25)15-10-6-8-13-7-4-5-9-14(13)15/h4-10,12,16,20-21H,11H2,1-3H3,(H,22,23)(H,24,25)/t16-,19+/m0/s1. The molecule has 0 radical (unpaired) electrons. The van der Waals surface area contributed by atoms with Gasteiger partial charge < -0.3 is 10.2 Å². The van der Waals surface area contributed by atoms with Gasteiger partial charge in [0.25, 0.3) is 0 Å². The SMILES string of the molecule is CC(C)C[C@H](NN[C@@](C)(C(=O)O)c1cccc2ccccc12)C(=O)O. The Balaban J connectivity index is 2.38. The molecule has 0 aliphatic heterocycles. The zero-order valence-corrected chi connectivity index (χ0v) is 14.6. The van der Waals surface area contributed by atoms with Crippen LogP contribution in [0.25, 0.3) is 10.8 Å². The molecule has 0 unspecified atom stereocenters. The lowest BCUT2D eigenvalue weighted by Crippen LogP contribution is -2.58. The minimum atomic E-state index is -1.48. The lowest BCUT2D eigenvalue weighted by molar-refractivity contribution is -0.147. The first-order valence-electron chi connectivity index (χ1n) is 8.23. The number of aliphatic carboxylic acids is 2. The molecule has 2 aromatic rings. The first-order valence-corrected chi connectivity index (χ1v) is 8.23. The van der Waals surface area contributed by atoms with Crippen LogP contribution in [0, 0.1) is 5.92 Å². The Bertz CT molecular complexity index is 770. The molecule has 6 nitrogen and oxygen atoms in total. The normalized spacial score (nSPS) is 15.0. The Labute approximate surface area is 146 Å². The number of nitrogens with one attached hydrogen (secondary N) is 2. The van der Waals surface area contributed by atoms with Crippen LogP contribution in [0.3, 0.4) is 0 Å². The summed E-state index contributed by atoms with van der Waals surface area (Å²) in [4.78, 5) is 23.4. The Morgan fingerprint density at radius 2 is 1.72 bits per heavy atom. The molecule has 0 aliphatic carbocycles.